The summed E-state index contributed by atoms with van der Waals surface area (Å²) in [6.07, 6.45) is 3.32. The number of aryl methyl sites for hydroxylation is 1. The van der Waals surface area contributed by atoms with Gasteiger partial charge in [-0.3, -0.25) is 0 Å². The number of furan rings is 1. The topological polar surface area (TPSA) is 39.4 Å². The fourth-order valence-corrected chi connectivity index (χ4v) is 4.36. The lowest BCUT2D eigenvalue weighted by atomic mass is 10.1. The van der Waals surface area contributed by atoms with Gasteiger partial charge in [0.1, 0.15) is 13.7 Å². The maximum absolute atomic E-state index is 11.5. The average Bonchev–Trinajstić information content (AvgIpc) is 2.82. The van der Waals surface area contributed by atoms with E-state index in [4.69, 9.17) is 9.15 Å². The first-order chi connectivity index (χ1) is 10.6. The zero-order valence-electron chi connectivity index (χ0n) is 15.1. The highest BCUT2D eigenvalue weighted by atomic mass is 28.3. The molecular weight excluding hydrogens is 304 g/mol. The van der Waals surface area contributed by atoms with Gasteiger partial charge in [0.2, 0.25) is 0 Å². The summed E-state index contributed by atoms with van der Waals surface area (Å²) in [6, 6.07) is 6.18. The highest BCUT2D eigenvalue weighted by Crippen LogP contribution is 2.38. The molecule has 4 heteroatoms. The third-order valence-corrected chi connectivity index (χ3v) is 10.2. The fraction of sp³-hybridized carbons (Fsp3) is 0.421. The summed E-state index contributed by atoms with van der Waals surface area (Å²) < 4.78 is 11.0. The van der Waals surface area contributed by atoms with Crippen LogP contribution >= 0.6 is 0 Å². The van der Waals surface area contributed by atoms with Gasteiger partial charge in [-0.05, 0) is 30.2 Å². The quantitative estimate of drug-likeness (QED) is 0.467. The van der Waals surface area contributed by atoms with E-state index in [9.17, 15) is 4.79 Å². The molecule has 0 saturated heterocycles. The second kappa shape index (κ2) is 6.00. The van der Waals surface area contributed by atoms with Crippen LogP contribution < -0.4 is 5.38 Å². The van der Waals surface area contributed by atoms with Crippen LogP contribution in [0.25, 0.3) is 17.0 Å². The largest absolute Gasteiger partial charge is 0.466 e. The fourth-order valence-electron chi connectivity index (χ4n) is 2.42. The van der Waals surface area contributed by atoms with Crippen LogP contribution in [0.5, 0.6) is 0 Å². The van der Waals surface area contributed by atoms with E-state index in [1.807, 2.05) is 12.1 Å². The molecule has 1 aromatic heterocycles. The van der Waals surface area contributed by atoms with Crippen LogP contribution in [0.1, 0.15) is 31.9 Å². The van der Waals surface area contributed by atoms with Crippen LogP contribution in [-0.4, -0.2) is 21.2 Å². The first kappa shape index (κ1) is 17.5. The van der Waals surface area contributed by atoms with Gasteiger partial charge in [-0.25, -0.2) is 4.79 Å². The van der Waals surface area contributed by atoms with Crippen LogP contribution in [0.2, 0.25) is 18.1 Å². The molecule has 2 rings (SSSR count). The van der Waals surface area contributed by atoms with Crippen molar-refractivity contribution in [3.8, 4) is 0 Å². The van der Waals surface area contributed by atoms with Gasteiger partial charge < -0.3 is 9.15 Å². The van der Waals surface area contributed by atoms with Gasteiger partial charge in [0.15, 0.2) is 0 Å². The summed E-state index contributed by atoms with van der Waals surface area (Å²) in [7, 11) is -0.490. The molecule has 0 atom stereocenters. The molecule has 1 aromatic carbocycles. The zero-order chi connectivity index (χ0) is 17.4. The Hall–Kier alpha value is -1.81. The van der Waals surface area contributed by atoms with Crippen LogP contribution in [0.3, 0.4) is 0 Å². The number of benzene rings is 1. The van der Waals surface area contributed by atoms with Crippen LogP contribution in [0.4, 0.5) is 0 Å². The minimum atomic E-state index is -1.88. The number of ether oxygens (including phenoxy) is 1. The molecule has 23 heavy (non-hydrogen) atoms. The van der Waals surface area contributed by atoms with Gasteiger partial charge in [-0.2, -0.15) is 0 Å². The summed E-state index contributed by atoms with van der Waals surface area (Å²) in [6.45, 7) is 13.5. The molecule has 0 fully saturated rings. The number of fused-ring (bicyclic) bond motifs is 1. The van der Waals surface area contributed by atoms with Gasteiger partial charge in [0.05, 0.1) is 12.5 Å². The van der Waals surface area contributed by atoms with Crippen molar-refractivity contribution in [2.45, 2.75) is 45.8 Å². The number of methoxy groups -OCH3 is 1. The predicted molar refractivity (Wildman–Crippen MR) is 98.8 cm³/mol. The monoisotopic (exact) mass is 330 g/mol. The summed E-state index contributed by atoms with van der Waals surface area (Å²) in [5.74, 6) is -0.354. The molecule has 124 valence electrons. The number of rotatable bonds is 3. The van der Waals surface area contributed by atoms with Crippen molar-refractivity contribution in [1.29, 1.82) is 0 Å². The van der Waals surface area contributed by atoms with E-state index in [1.54, 1.807) is 0 Å². The normalized spacial score (nSPS) is 13.0. The van der Waals surface area contributed by atoms with Crippen molar-refractivity contribution in [1.82, 2.24) is 0 Å². The van der Waals surface area contributed by atoms with Crippen molar-refractivity contribution in [3.05, 3.63) is 35.4 Å². The van der Waals surface area contributed by atoms with E-state index in [1.165, 1.54) is 18.7 Å². The first-order valence-corrected chi connectivity index (χ1v) is 10.9. The zero-order valence-corrected chi connectivity index (χ0v) is 16.1. The molecule has 1 heterocycles. The molecule has 0 bridgehead atoms. The van der Waals surface area contributed by atoms with Crippen molar-refractivity contribution in [2.75, 3.05) is 7.11 Å². The molecular formula is C19H26O3Si. The minimum Gasteiger partial charge on any atom is -0.466 e. The molecule has 0 N–H and O–H groups in total. The molecule has 3 nitrogen and oxygen atoms in total. The van der Waals surface area contributed by atoms with Crippen LogP contribution in [0.15, 0.2) is 28.7 Å². The lowest BCUT2D eigenvalue weighted by Crippen LogP contribution is -2.49. The highest BCUT2D eigenvalue weighted by Gasteiger charge is 2.41. The number of hydrogen-bond donors (Lipinski definition) is 0. The number of hydrogen-bond acceptors (Lipinski definition) is 3. The molecule has 0 aliphatic rings. The van der Waals surface area contributed by atoms with Crippen LogP contribution in [0, 0.1) is 6.92 Å². The summed E-state index contributed by atoms with van der Waals surface area (Å²) >= 11 is 0. The smallest absolute Gasteiger partial charge is 0.330 e. The van der Waals surface area contributed by atoms with Crippen molar-refractivity contribution in [2.24, 2.45) is 0 Å². The molecule has 0 aliphatic carbocycles. The second-order valence-electron chi connectivity index (χ2n) is 7.58. The molecule has 0 radical (unpaired) electrons. The SMILES string of the molecule is COC(=O)/C=C/c1c([Si](C)(C)C(C)(C)C)oc2ccc(C)cc12. The Kier molecular flexibility index (Phi) is 4.58. The lowest BCUT2D eigenvalue weighted by molar-refractivity contribution is -0.134. The first-order valence-electron chi connectivity index (χ1n) is 7.87. The summed E-state index contributed by atoms with van der Waals surface area (Å²) in [5, 5.41) is 2.24. The van der Waals surface area contributed by atoms with E-state index in [0.29, 0.717) is 0 Å². The van der Waals surface area contributed by atoms with Crippen molar-refractivity contribution in [3.63, 3.8) is 0 Å². The van der Waals surface area contributed by atoms with E-state index < -0.39 is 8.07 Å². The predicted octanol–water partition coefficient (Wildman–Crippen LogP) is 4.64. The van der Waals surface area contributed by atoms with E-state index in [-0.39, 0.29) is 11.0 Å². The standard InChI is InChI=1S/C19H26O3Si/c1-13-8-10-16-15(12-13)14(9-11-17(20)21-5)18(22-16)23(6,7)19(2,3)4/h8-12H,1-7H3/b11-9+. The Labute approximate surface area is 139 Å². The maximum atomic E-state index is 11.5. The Morgan fingerprint density at radius 2 is 1.91 bits per heavy atom. The number of carbonyl (C=O) groups is 1. The van der Waals surface area contributed by atoms with Gasteiger partial charge in [0, 0.05) is 17.0 Å². The minimum absolute atomic E-state index is 0.143. The lowest BCUT2D eigenvalue weighted by Gasteiger charge is -2.35. The van der Waals surface area contributed by atoms with E-state index in [0.717, 1.165) is 21.9 Å². The third-order valence-electron chi connectivity index (χ3n) is 4.91. The molecule has 0 spiro atoms. The third kappa shape index (κ3) is 3.27. The van der Waals surface area contributed by atoms with Crippen molar-refractivity contribution >= 4 is 36.5 Å². The summed E-state index contributed by atoms with van der Waals surface area (Å²) in [4.78, 5) is 11.5. The van der Waals surface area contributed by atoms with E-state index >= 15 is 0 Å². The number of esters is 1. The van der Waals surface area contributed by atoms with Crippen LogP contribution in [-0.2, 0) is 9.53 Å². The Balaban J connectivity index is 2.73. The molecule has 0 saturated carbocycles. The second-order valence-corrected chi connectivity index (χ2v) is 12.8. The van der Waals surface area contributed by atoms with Gasteiger partial charge in [-0.15, -0.1) is 0 Å². The van der Waals surface area contributed by atoms with Crippen molar-refractivity contribution < 1.29 is 13.9 Å². The Morgan fingerprint density at radius 3 is 2.48 bits per heavy atom. The molecule has 0 amide bonds. The van der Waals surface area contributed by atoms with Gasteiger partial charge in [0.25, 0.3) is 0 Å². The maximum Gasteiger partial charge on any atom is 0.330 e. The average molecular weight is 331 g/mol. The molecule has 0 unspecified atom stereocenters. The van der Waals surface area contributed by atoms with E-state index in [2.05, 4.69) is 52.9 Å². The number of carbonyl (C=O) groups excluding carboxylic acids is 1. The summed E-state index contributed by atoms with van der Waals surface area (Å²) in [5.41, 5.74) is 3.06. The van der Waals surface area contributed by atoms with Gasteiger partial charge in [-0.1, -0.05) is 45.5 Å². The van der Waals surface area contributed by atoms with Gasteiger partial charge >= 0.3 is 5.97 Å². The Morgan fingerprint density at radius 1 is 1.26 bits per heavy atom. The molecule has 0 aliphatic heterocycles. The molecule has 2 aromatic rings. The Bertz CT molecular complexity index is 761. The highest BCUT2D eigenvalue weighted by molar-refractivity contribution is 6.91.